The molecule has 0 saturated carbocycles. The van der Waals surface area contributed by atoms with Gasteiger partial charge in [0.25, 0.3) is 0 Å². The quantitative estimate of drug-likeness (QED) is 0.0397. The zero-order valence-electron chi connectivity index (χ0n) is 56.1. The Kier molecular flexibility index (Phi) is 25.4. The van der Waals surface area contributed by atoms with Crippen molar-refractivity contribution in [2.24, 2.45) is 29.6 Å². The van der Waals surface area contributed by atoms with Crippen LogP contribution in [0.5, 0.6) is 34.5 Å². The second-order valence-electron chi connectivity index (χ2n) is 25.7. The van der Waals surface area contributed by atoms with E-state index in [9.17, 15) is 10.2 Å². The summed E-state index contributed by atoms with van der Waals surface area (Å²) in [7, 11) is 0. The van der Waals surface area contributed by atoms with Gasteiger partial charge in [-0.25, -0.2) is 4.98 Å². The number of aryl methyl sites for hydroxylation is 1. The Morgan fingerprint density at radius 3 is 1.01 bits per heavy atom. The molecule has 0 bridgehead atoms. The van der Waals surface area contributed by atoms with E-state index < -0.39 is 0 Å². The number of phenols is 2. The SMILES string of the molecule is CCCCC(CC)CCc1nc2c(-c3cc4c(OCC(CC)CCCC)c5sc(-c6ccc(O)cc6)cc5c(OCC(CC)CCCC)c4s3)sc(-c3cc4c(OCC(CC)CCCC)c5sc(-c6ccc(O)cc6)cc5c(OCC(CC)CCCC)c4s3)c2s1. The van der Waals surface area contributed by atoms with Gasteiger partial charge >= 0.3 is 0 Å². The maximum Gasteiger partial charge on any atom is 0.146 e. The lowest BCUT2D eigenvalue weighted by molar-refractivity contribution is 0.235. The Bertz CT molecular complexity index is 3510. The van der Waals surface area contributed by atoms with Crippen molar-refractivity contribution < 1.29 is 29.2 Å². The highest BCUT2D eigenvalue weighted by atomic mass is 32.1. The maximum atomic E-state index is 10.4. The summed E-state index contributed by atoms with van der Waals surface area (Å²) in [6, 6.07) is 24.8. The molecule has 6 aromatic heterocycles. The van der Waals surface area contributed by atoms with Gasteiger partial charge in [-0.2, -0.15) is 0 Å². The first-order valence-electron chi connectivity index (χ1n) is 35.1. The number of aromatic nitrogens is 1. The van der Waals surface area contributed by atoms with Gasteiger partial charge in [0.2, 0.25) is 0 Å². The van der Waals surface area contributed by atoms with Gasteiger partial charge in [-0.15, -0.1) is 68.0 Å². The molecule has 0 spiro atoms. The molecule has 0 saturated heterocycles. The topological polar surface area (TPSA) is 90.3 Å². The minimum absolute atomic E-state index is 0.263. The average Bonchev–Trinajstić information content (AvgIpc) is 1.59. The van der Waals surface area contributed by atoms with Crippen LogP contribution in [0.15, 0.2) is 72.8 Å². The van der Waals surface area contributed by atoms with Crippen LogP contribution in [0, 0.1) is 29.6 Å². The number of aromatic hydroxyl groups is 2. The predicted molar refractivity (Wildman–Crippen MR) is 401 cm³/mol. The van der Waals surface area contributed by atoms with Crippen LogP contribution < -0.4 is 18.9 Å². The van der Waals surface area contributed by atoms with Crippen LogP contribution in [0.3, 0.4) is 0 Å². The molecule has 91 heavy (non-hydrogen) atoms. The molecule has 0 aliphatic carbocycles. The van der Waals surface area contributed by atoms with Gasteiger partial charge in [0, 0.05) is 41.1 Å². The number of benzene rings is 4. The van der Waals surface area contributed by atoms with Gasteiger partial charge in [-0.3, -0.25) is 0 Å². The van der Waals surface area contributed by atoms with E-state index in [4.69, 9.17) is 23.9 Å². The Balaban J connectivity index is 1.20. The van der Waals surface area contributed by atoms with Crippen molar-refractivity contribution in [2.45, 2.75) is 210 Å². The third kappa shape index (κ3) is 16.3. The van der Waals surface area contributed by atoms with Gasteiger partial charge in [0.1, 0.15) is 40.0 Å². The van der Waals surface area contributed by atoms with E-state index in [1.54, 1.807) is 46.9 Å². The molecule has 10 aromatic rings. The van der Waals surface area contributed by atoms with Crippen molar-refractivity contribution in [2.75, 3.05) is 26.4 Å². The first-order valence-corrected chi connectivity index (χ1v) is 40.0. The number of thiazole rings is 1. The number of ether oxygens (including phenoxy) is 4. The average molecular weight is 1340 g/mol. The summed E-state index contributed by atoms with van der Waals surface area (Å²) >= 11 is 11.1. The molecule has 6 heterocycles. The molecule has 0 radical (unpaired) electrons. The van der Waals surface area contributed by atoms with Crippen molar-refractivity contribution >= 4 is 119 Å². The molecule has 0 aliphatic rings. The molecule has 13 heteroatoms. The highest BCUT2D eigenvalue weighted by Crippen LogP contribution is 2.59. The van der Waals surface area contributed by atoms with Gasteiger partial charge in [0.15, 0.2) is 0 Å². The number of hydrogen-bond donors (Lipinski definition) is 2. The van der Waals surface area contributed by atoms with E-state index in [-0.39, 0.29) is 11.5 Å². The van der Waals surface area contributed by atoms with Crippen LogP contribution in [0.1, 0.15) is 209 Å². The van der Waals surface area contributed by atoms with Crippen molar-refractivity contribution in [1.82, 2.24) is 4.98 Å². The smallest absolute Gasteiger partial charge is 0.146 e. The summed E-state index contributed by atoms with van der Waals surface area (Å²) < 4.78 is 35.1. The highest BCUT2D eigenvalue weighted by Gasteiger charge is 2.30. The van der Waals surface area contributed by atoms with Crippen LogP contribution in [0.2, 0.25) is 0 Å². The number of rotatable bonds is 39. The minimum Gasteiger partial charge on any atom is -0.508 e. The molecule has 7 nitrogen and oxygen atoms in total. The van der Waals surface area contributed by atoms with Gasteiger partial charge in [-0.05, 0) is 152 Å². The first-order chi connectivity index (χ1) is 44.5. The zero-order valence-corrected chi connectivity index (χ0v) is 61.0. The number of unbranched alkanes of at least 4 members (excludes halogenated alkanes) is 5. The molecule has 0 fully saturated rings. The molecule has 0 aliphatic heterocycles. The van der Waals surface area contributed by atoms with Crippen LogP contribution in [0.4, 0.5) is 0 Å². The second-order valence-corrected chi connectivity index (χ2v) is 32.0. The number of thiophene rings is 5. The summed E-state index contributed by atoms with van der Waals surface area (Å²) in [5.41, 5.74) is 3.23. The second kappa shape index (κ2) is 33.5. The van der Waals surface area contributed by atoms with Crippen molar-refractivity contribution in [3.05, 3.63) is 77.8 Å². The molecular weight excluding hydrogens is 1240 g/mol. The monoisotopic (exact) mass is 1340 g/mol. The van der Waals surface area contributed by atoms with E-state index in [1.807, 2.05) is 69.6 Å². The number of phenolic OH excluding ortho intramolecular Hbond substituents is 2. The molecule has 5 unspecified atom stereocenters. The Hall–Kier alpha value is -4.89. The van der Waals surface area contributed by atoms with Gasteiger partial charge in [0.05, 0.1) is 64.7 Å². The number of hydrogen-bond acceptors (Lipinski definition) is 13. The first kappa shape index (κ1) is 69.0. The summed E-state index contributed by atoms with van der Waals surface area (Å²) in [5, 5.41) is 26.4. The summed E-state index contributed by atoms with van der Waals surface area (Å²) in [6.45, 7) is 25.7. The van der Waals surface area contributed by atoms with Crippen LogP contribution in [0.25, 0.3) is 91.0 Å². The fraction of sp³-hybridized carbons (Fsp3) is 0.526. The van der Waals surface area contributed by atoms with Crippen LogP contribution in [-0.4, -0.2) is 41.6 Å². The van der Waals surface area contributed by atoms with E-state index in [0.29, 0.717) is 56.0 Å². The molecule has 10 rings (SSSR count). The highest BCUT2D eigenvalue weighted by molar-refractivity contribution is 7.34. The van der Waals surface area contributed by atoms with E-state index in [0.717, 1.165) is 154 Å². The third-order valence-electron chi connectivity index (χ3n) is 19.1. The number of fused-ring (bicyclic) bond motifs is 5. The van der Waals surface area contributed by atoms with E-state index in [2.05, 4.69) is 93.5 Å². The molecule has 2 N–H and O–H groups in total. The van der Waals surface area contributed by atoms with Crippen molar-refractivity contribution in [3.63, 3.8) is 0 Å². The lowest BCUT2D eigenvalue weighted by atomic mass is 9.94. The lowest BCUT2D eigenvalue weighted by Crippen LogP contribution is -2.12. The Morgan fingerprint density at radius 1 is 0.352 bits per heavy atom. The van der Waals surface area contributed by atoms with Crippen molar-refractivity contribution in [3.8, 4) is 74.9 Å². The fourth-order valence-corrected chi connectivity index (χ4v) is 20.3. The predicted octanol–water partition coefficient (Wildman–Crippen LogP) is 26.8. The Morgan fingerprint density at radius 2 is 0.670 bits per heavy atom. The fourth-order valence-electron chi connectivity index (χ4n) is 12.8. The molecule has 0 amide bonds. The minimum atomic E-state index is 0.263. The van der Waals surface area contributed by atoms with E-state index >= 15 is 0 Å². The summed E-state index contributed by atoms with van der Waals surface area (Å²) in [4.78, 5) is 12.9. The van der Waals surface area contributed by atoms with Gasteiger partial charge in [-0.1, -0.05) is 172 Å². The normalized spacial score (nSPS) is 13.7. The third-order valence-corrected chi connectivity index (χ3v) is 26.6. The standard InChI is InChI=1S/C78H101NO6S6/c1-11-21-26-49(16-6)31-40-66-79-67-76(64-43-60-70(84-47-52(19-9)29-24-14-4)72-58(41-62(86-72)54-32-36-56(80)37-33-54)68(74(60)88-64)82-45-50(17-7)27-22-12-2)91-77(78(67)90-66)65-44-61-71(85-48-53(20-10)30-25-15-5)73-59(42-63(87-73)55-34-38-57(81)39-35-55)69(75(61)89-65)83-46-51(18-8)28-23-13-3/h32-39,41-44,49-53,80-81H,11-31,40,45-48H2,1-10H3. The molecule has 490 valence electrons. The van der Waals surface area contributed by atoms with Crippen LogP contribution >= 0.6 is 68.0 Å². The summed E-state index contributed by atoms with van der Waals surface area (Å²) in [6.07, 6.45) is 25.3. The van der Waals surface area contributed by atoms with E-state index in [1.165, 1.54) is 106 Å². The van der Waals surface area contributed by atoms with Crippen LogP contribution in [-0.2, 0) is 6.42 Å². The largest absolute Gasteiger partial charge is 0.508 e. The zero-order chi connectivity index (χ0) is 64.0. The summed E-state index contributed by atoms with van der Waals surface area (Å²) in [5.74, 6) is 6.80. The Labute approximate surface area is 567 Å². The molecule has 5 atom stereocenters. The lowest BCUT2D eigenvalue weighted by Gasteiger charge is -2.19. The molecular formula is C78H101NO6S6. The number of nitrogens with zero attached hydrogens (tertiary/aromatic N) is 1. The van der Waals surface area contributed by atoms with Gasteiger partial charge < -0.3 is 29.2 Å². The van der Waals surface area contributed by atoms with Crippen molar-refractivity contribution in [1.29, 1.82) is 0 Å². The molecule has 4 aromatic carbocycles. The maximum absolute atomic E-state index is 10.4.